The number of carbonyl (C=O) groups is 1. The van der Waals surface area contributed by atoms with Crippen molar-refractivity contribution in [1.29, 1.82) is 0 Å². The Kier molecular flexibility index (Phi) is 4.59. The molecule has 1 spiro atoms. The molecule has 4 nitrogen and oxygen atoms in total. The van der Waals surface area contributed by atoms with Gasteiger partial charge in [0.25, 0.3) is 0 Å². The molecule has 0 aromatic carbocycles. The van der Waals surface area contributed by atoms with Gasteiger partial charge in [-0.25, -0.2) is 0 Å². The zero-order chi connectivity index (χ0) is 10.9. The average Bonchev–Trinajstić information content (AvgIpc) is 2.64. The van der Waals surface area contributed by atoms with Gasteiger partial charge in [-0.05, 0) is 38.9 Å². The van der Waals surface area contributed by atoms with E-state index < -0.39 is 0 Å². The van der Waals surface area contributed by atoms with Crippen LogP contribution in [0.25, 0.3) is 0 Å². The fourth-order valence-corrected chi connectivity index (χ4v) is 2.48. The molecule has 1 saturated heterocycles. The van der Waals surface area contributed by atoms with Crippen molar-refractivity contribution in [1.82, 2.24) is 15.5 Å². The van der Waals surface area contributed by atoms with Crippen molar-refractivity contribution < 1.29 is 4.79 Å². The standard InChI is InChI=1S/C11H21N3O.ClH/c1-14(2)6-5-13-10(15)9-7-11(9)3-4-12-8-11;/h9,12H,3-8H2,1-2H3,(H,13,15);1H. The van der Waals surface area contributed by atoms with Gasteiger partial charge in [-0.1, -0.05) is 0 Å². The van der Waals surface area contributed by atoms with Gasteiger partial charge in [0.05, 0.1) is 0 Å². The van der Waals surface area contributed by atoms with E-state index in [1.165, 1.54) is 6.42 Å². The van der Waals surface area contributed by atoms with Crippen LogP contribution in [0.3, 0.4) is 0 Å². The molecule has 0 aromatic heterocycles. The SMILES string of the molecule is CN(C)CCNC(=O)C1CC12CCNC2.Cl. The maximum atomic E-state index is 11.8. The Morgan fingerprint density at radius 1 is 1.56 bits per heavy atom. The Morgan fingerprint density at radius 2 is 2.31 bits per heavy atom. The summed E-state index contributed by atoms with van der Waals surface area (Å²) in [5.41, 5.74) is 0.336. The van der Waals surface area contributed by atoms with Crippen LogP contribution in [0.15, 0.2) is 0 Å². The number of rotatable bonds is 4. The highest BCUT2D eigenvalue weighted by Gasteiger charge is 2.58. The van der Waals surface area contributed by atoms with Gasteiger partial charge in [-0.3, -0.25) is 4.79 Å². The molecule has 0 radical (unpaired) electrons. The molecule has 94 valence electrons. The van der Waals surface area contributed by atoms with E-state index in [1.807, 2.05) is 14.1 Å². The molecular formula is C11H22ClN3O. The number of halogens is 1. The molecule has 2 rings (SSSR count). The Balaban J connectivity index is 0.00000128. The van der Waals surface area contributed by atoms with Gasteiger partial charge in [0.2, 0.25) is 5.91 Å². The summed E-state index contributed by atoms with van der Waals surface area (Å²) < 4.78 is 0. The third-order valence-electron chi connectivity index (χ3n) is 3.64. The molecule has 2 fully saturated rings. The van der Waals surface area contributed by atoms with E-state index >= 15 is 0 Å². The first-order valence-corrected chi connectivity index (χ1v) is 5.77. The number of amides is 1. The second-order valence-corrected chi connectivity index (χ2v) is 5.14. The van der Waals surface area contributed by atoms with Crippen LogP contribution < -0.4 is 10.6 Å². The van der Waals surface area contributed by atoms with E-state index in [2.05, 4.69) is 15.5 Å². The molecule has 0 bridgehead atoms. The van der Waals surface area contributed by atoms with Crippen LogP contribution in [-0.4, -0.2) is 51.1 Å². The minimum atomic E-state index is 0. The smallest absolute Gasteiger partial charge is 0.223 e. The predicted octanol–water partition coefficient (Wildman–Crippen LogP) is 0.0856. The Labute approximate surface area is 104 Å². The first-order valence-electron chi connectivity index (χ1n) is 5.77. The van der Waals surface area contributed by atoms with Gasteiger partial charge in [-0.15, -0.1) is 12.4 Å². The van der Waals surface area contributed by atoms with Crippen molar-refractivity contribution in [2.45, 2.75) is 12.8 Å². The minimum Gasteiger partial charge on any atom is -0.355 e. The highest BCUT2D eigenvalue weighted by atomic mass is 35.5. The van der Waals surface area contributed by atoms with Crippen molar-refractivity contribution in [2.75, 3.05) is 40.3 Å². The molecule has 0 aromatic rings. The van der Waals surface area contributed by atoms with Crippen molar-refractivity contribution >= 4 is 18.3 Å². The van der Waals surface area contributed by atoms with Crippen LogP contribution >= 0.6 is 12.4 Å². The number of nitrogens with one attached hydrogen (secondary N) is 2. The maximum Gasteiger partial charge on any atom is 0.223 e. The summed E-state index contributed by atoms with van der Waals surface area (Å²) in [6, 6.07) is 0. The summed E-state index contributed by atoms with van der Waals surface area (Å²) in [5, 5.41) is 6.36. The van der Waals surface area contributed by atoms with E-state index in [9.17, 15) is 4.79 Å². The molecule has 1 heterocycles. The van der Waals surface area contributed by atoms with Crippen molar-refractivity contribution in [2.24, 2.45) is 11.3 Å². The van der Waals surface area contributed by atoms with Gasteiger partial charge >= 0.3 is 0 Å². The molecule has 2 unspecified atom stereocenters. The first kappa shape index (κ1) is 13.7. The molecule has 1 aliphatic heterocycles. The van der Waals surface area contributed by atoms with Gasteiger partial charge in [0.1, 0.15) is 0 Å². The highest BCUT2D eigenvalue weighted by Crippen LogP contribution is 2.56. The quantitative estimate of drug-likeness (QED) is 0.740. The fraction of sp³-hybridized carbons (Fsp3) is 0.909. The molecule has 16 heavy (non-hydrogen) atoms. The molecule has 1 saturated carbocycles. The van der Waals surface area contributed by atoms with E-state index in [0.29, 0.717) is 5.41 Å². The van der Waals surface area contributed by atoms with Crippen molar-refractivity contribution in [3.05, 3.63) is 0 Å². The minimum absolute atomic E-state index is 0. The van der Waals surface area contributed by atoms with Gasteiger partial charge in [-0.2, -0.15) is 0 Å². The number of hydrogen-bond acceptors (Lipinski definition) is 3. The fourth-order valence-electron chi connectivity index (χ4n) is 2.48. The summed E-state index contributed by atoms with van der Waals surface area (Å²) in [4.78, 5) is 13.9. The number of hydrogen-bond donors (Lipinski definition) is 2. The predicted molar refractivity (Wildman–Crippen MR) is 66.8 cm³/mol. The van der Waals surface area contributed by atoms with Crippen molar-refractivity contribution in [3.8, 4) is 0 Å². The highest BCUT2D eigenvalue weighted by molar-refractivity contribution is 5.85. The Bertz CT molecular complexity index is 252. The van der Waals surface area contributed by atoms with Crippen LogP contribution in [-0.2, 0) is 4.79 Å². The molecule has 1 aliphatic carbocycles. The van der Waals surface area contributed by atoms with E-state index in [4.69, 9.17) is 0 Å². The molecule has 5 heteroatoms. The van der Waals surface area contributed by atoms with E-state index in [0.717, 1.165) is 32.6 Å². The van der Waals surface area contributed by atoms with Crippen LogP contribution in [0.1, 0.15) is 12.8 Å². The largest absolute Gasteiger partial charge is 0.355 e. The molecular weight excluding hydrogens is 226 g/mol. The lowest BCUT2D eigenvalue weighted by Crippen LogP contribution is -2.33. The molecule has 1 amide bonds. The third kappa shape index (κ3) is 2.87. The first-order chi connectivity index (χ1) is 7.14. The van der Waals surface area contributed by atoms with Crippen LogP contribution in [0.2, 0.25) is 0 Å². The van der Waals surface area contributed by atoms with Crippen LogP contribution in [0.4, 0.5) is 0 Å². The summed E-state index contributed by atoms with van der Waals surface area (Å²) in [6.07, 6.45) is 2.27. The van der Waals surface area contributed by atoms with E-state index in [1.54, 1.807) is 0 Å². The molecule has 2 atom stereocenters. The number of nitrogens with zero attached hydrogens (tertiary/aromatic N) is 1. The monoisotopic (exact) mass is 247 g/mol. The summed E-state index contributed by atoms with van der Waals surface area (Å²) in [6.45, 7) is 3.82. The summed E-state index contributed by atoms with van der Waals surface area (Å²) in [7, 11) is 4.04. The van der Waals surface area contributed by atoms with Crippen molar-refractivity contribution in [3.63, 3.8) is 0 Å². The van der Waals surface area contributed by atoms with Crippen LogP contribution in [0.5, 0.6) is 0 Å². The Hall–Kier alpha value is -0.320. The van der Waals surface area contributed by atoms with Gasteiger partial charge in [0, 0.05) is 25.6 Å². The van der Waals surface area contributed by atoms with Gasteiger partial charge in [0.15, 0.2) is 0 Å². The Morgan fingerprint density at radius 3 is 2.88 bits per heavy atom. The summed E-state index contributed by atoms with van der Waals surface area (Å²) >= 11 is 0. The topological polar surface area (TPSA) is 44.4 Å². The third-order valence-corrected chi connectivity index (χ3v) is 3.64. The second-order valence-electron chi connectivity index (χ2n) is 5.14. The number of carbonyl (C=O) groups excluding carboxylic acids is 1. The second kappa shape index (κ2) is 5.34. The molecule has 2 aliphatic rings. The lowest BCUT2D eigenvalue weighted by atomic mass is 10.0. The lowest BCUT2D eigenvalue weighted by Gasteiger charge is -2.11. The molecule has 2 N–H and O–H groups in total. The lowest BCUT2D eigenvalue weighted by molar-refractivity contribution is -0.123. The van der Waals surface area contributed by atoms with Gasteiger partial charge < -0.3 is 15.5 Å². The zero-order valence-corrected chi connectivity index (χ0v) is 10.9. The van der Waals surface area contributed by atoms with E-state index in [-0.39, 0.29) is 24.2 Å². The normalized spacial score (nSPS) is 31.6. The maximum absolute atomic E-state index is 11.8. The van der Waals surface area contributed by atoms with Crippen LogP contribution in [0, 0.1) is 11.3 Å². The number of likely N-dealkylation sites (N-methyl/N-ethyl adjacent to an activating group) is 1. The summed E-state index contributed by atoms with van der Waals surface area (Å²) in [5.74, 6) is 0.551. The average molecular weight is 248 g/mol. The zero-order valence-electron chi connectivity index (χ0n) is 10.1.